The van der Waals surface area contributed by atoms with Crippen LogP contribution >= 0.6 is 11.6 Å². The number of hydrogen-bond donors (Lipinski definition) is 2. The molecule has 3 N–H and O–H groups in total. The van der Waals surface area contributed by atoms with Gasteiger partial charge in [0.2, 0.25) is 0 Å². The Bertz CT molecular complexity index is 586. The molecule has 100 valence electrons. The monoisotopic (exact) mass is 274 g/mol. The number of anilines is 3. The van der Waals surface area contributed by atoms with Gasteiger partial charge in [0.25, 0.3) is 0 Å². The van der Waals surface area contributed by atoms with Crippen molar-refractivity contribution >= 4 is 28.7 Å². The first kappa shape index (κ1) is 13.8. The Morgan fingerprint density at radius 1 is 1.00 bits per heavy atom. The van der Waals surface area contributed by atoms with Gasteiger partial charge in [-0.1, -0.05) is 50.6 Å². The molecule has 0 aromatic heterocycles. The van der Waals surface area contributed by atoms with E-state index in [4.69, 9.17) is 17.3 Å². The molecule has 0 spiro atoms. The molecule has 0 aliphatic rings. The van der Waals surface area contributed by atoms with Crippen molar-refractivity contribution in [2.75, 3.05) is 11.1 Å². The molecule has 0 heterocycles. The Hall–Kier alpha value is -1.67. The molecule has 0 saturated carbocycles. The number of benzene rings is 2. The van der Waals surface area contributed by atoms with Gasteiger partial charge in [0, 0.05) is 11.4 Å². The highest BCUT2D eigenvalue weighted by atomic mass is 35.5. The van der Waals surface area contributed by atoms with E-state index in [1.165, 1.54) is 5.56 Å². The van der Waals surface area contributed by atoms with E-state index in [1.54, 1.807) is 6.07 Å². The molecule has 0 aliphatic carbocycles. The third-order valence-corrected chi connectivity index (χ3v) is 3.31. The van der Waals surface area contributed by atoms with Crippen molar-refractivity contribution < 1.29 is 0 Å². The molecule has 2 aromatic carbocycles. The summed E-state index contributed by atoms with van der Waals surface area (Å²) in [5.41, 5.74) is 9.64. The number of nitrogens with two attached hydrogens (primary N) is 1. The van der Waals surface area contributed by atoms with Gasteiger partial charge in [0.15, 0.2) is 0 Å². The van der Waals surface area contributed by atoms with Crippen LogP contribution in [0, 0.1) is 0 Å². The smallest absolute Gasteiger partial charge is 0.0661 e. The Morgan fingerprint density at radius 3 is 2.32 bits per heavy atom. The fourth-order valence-corrected chi connectivity index (χ4v) is 2.26. The lowest BCUT2D eigenvalue weighted by Gasteiger charge is -2.23. The molecular formula is C16H19ClN2. The zero-order valence-electron chi connectivity index (χ0n) is 11.5. The average Bonchev–Trinajstić information content (AvgIpc) is 2.32. The van der Waals surface area contributed by atoms with Gasteiger partial charge in [-0.3, -0.25) is 0 Å². The molecule has 0 saturated heterocycles. The average molecular weight is 275 g/mol. The number of halogens is 1. The highest BCUT2D eigenvalue weighted by Gasteiger charge is 2.17. The van der Waals surface area contributed by atoms with E-state index in [9.17, 15) is 0 Å². The van der Waals surface area contributed by atoms with Crippen molar-refractivity contribution in [1.29, 1.82) is 0 Å². The maximum absolute atomic E-state index is 6.20. The van der Waals surface area contributed by atoms with Gasteiger partial charge in [-0.15, -0.1) is 0 Å². The molecule has 0 unspecified atom stereocenters. The minimum atomic E-state index is 0.0733. The van der Waals surface area contributed by atoms with Gasteiger partial charge in [-0.05, 0) is 35.2 Å². The van der Waals surface area contributed by atoms with Crippen LogP contribution in [0.4, 0.5) is 17.1 Å². The largest absolute Gasteiger partial charge is 0.399 e. The summed E-state index contributed by atoms with van der Waals surface area (Å²) in [6, 6.07) is 13.8. The van der Waals surface area contributed by atoms with Crippen molar-refractivity contribution in [2.24, 2.45) is 0 Å². The summed E-state index contributed by atoms with van der Waals surface area (Å²) in [5, 5.41) is 4.02. The highest BCUT2D eigenvalue weighted by molar-refractivity contribution is 6.33. The van der Waals surface area contributed by atoms with Gasteiger partial charge in [0.1, 0.15) is 0 Å². The van der Waals surface area contributed by atoms with Gasteiger partial charge in [0.05, 0.1) is 10.7 Å². The van der Waals surface area contributed by atoms with E-state index in [-0.39, 0.29) is 5.41 Å². The fourth-order valence-electron chi connectivity index (χ4n) is 2.02. The Morgan fingerprint density at radius 2 is 1.68 bits per heavy atom. The standard InChI is InChI=1S/C16H19ClN2/c1-16(2,3)12-6-4-5-7-14(12)19-15-9-8-11(18)10-13(15)17/h4-10,19H,18H2,1-3H3. The van der Waals surface area contributed by atoms with Crippen molar-refractivity contribution in [3.8, 4) is 0 Å². The van der Waals surface area contributed by atoms with Crippen molar-refractivity contribution in [3.05, 3.63) is 53.1 Å². The van der Waals surface area contributed by atoms with E-state index in [0.717, 1.165) is 11.4 Å². The van der Waals surface area contributed by atoms with E-state index in [2.05, 4.69) is 44.3 Å². The molecule has 2 nitrogen and oxygen atoms in total. The van der Waals surface area contributed by atoms with E-state index >= 15 is 0 Å². The predicted octanol–water partition coefficient (Wildman–Crippen LogP) is 4.96. The van der Waals surface area contributed by atoms with Crippen LogP contribution in [0.5, 0.6) is 0 Å². The Labute approximate surface area is 119 Å². The summed E-state index contributed by atoms with van der Waals surface area (Å²) in [6.45, 7) is 6.58. The van der Waals surface area contributed by atoms with Crippen molar-refractivity contribution in [3.63, 3.8) is 0 Å². The quantitative estimate of drug-likeness (QED) is 0.759. The normalized spacial score (nSPS) is 11.4. The predicted molar refractivity (Wildman–Crippen MR) is 84.3 cm³/mol. The molecule has 2 rings (SSSR count). The van der Waals surface area contributed by atoms with Gasteiger partial charge in [-0.2, -0.15) is 0 Å². The lowest BCUT2D eigenvalue weighted by Crippen LogP contribution is -2.13. The SMILES string of the molecule is CC(C)(C)c1ccccc1Nc1ccc(N)cc1Cl. The lowest BCUT2D eigenvalue weighted by molar-refractivity contribution is 0.592. The van der Waals surface area contributed by atoms with E-state index in [0.29, 0.717) is 10.7 Å². The number of hydrogen-bond acceptors (Lipinski definition) is 2. The summed E-state index contributed by atoms with van der Waals surface area (Å²) < 4.78 is 0. The number of rotatable bonds is 2. The second kappa shape index (κ2) is 5.14. The van der Waals surface area contributed by atoms with Crippen molar-refractivity contribution in [2.45, 2.75) is 26.2 Å². The van der Waals surface area contributed by atoms with Crippen LogP contribution in [-0.2, 0) is 5.41 Å². The maximum Gasteiger partial charge on any atom is 0.0661 e. The molecule has 0 aliphatic heterocycles. The highest BCUT2D eigenvalue weighted by Crippen LogP contribution is 2.33. The summed E-state index contributed by atoms with van der Waals surface area (Å²) in [5.74, 6) is 0. The molecule has 0 amide bonds. The van der Waals surface area contributed by atoms with Gasteiger partial charge < -0.3 is 11.1 Å². The third kappa shape index (κ3) is 3.21. The van der Waals surface area contributed by atoms with E-state index < -0.39 is 0 Å². The summed E-state index contributed by atoms with van der Waals surface area (Å²) in [7, 11) is 0. The zero-order valence-corrected chi connectivity index (χ0v) is 12.3. The number of nitrogens with one attached hydrogen (secondary N) is 1. The Kier molecular flexibility index (Phi) is 3.72. The summed E-state index contributed by atoms with van der Waals surface area (Å²) in [6.07, 6.45) is 0. The van der Waals surface area contributed by atoms with Crippen LogP contribution in [0.25, 0.3) is 0 Å². The minimum Gasteiger partial charge on any atom is -0.399 e. The zero-order chi connectivity index (χ0) is 14.0. The molecule has 0 fully saturated rings. The van der Waals surface area contributed by atoms with Crippen LogP contribution in [0.2, 0.25) is 5.02 Å². The molecule has 0 radical (unpaired) electrons. The van der Waals surface area contributed by atoms with Crippen LogP contribution < -0.4 is 11.1 Å². The second-order valence-electron chi connectivity index (χ2n) is 5.66. The second-order valence-corrected chi connectivity index (χ2v) is 6.07. The topological polar surface area (TPSA) is 38.0 Å². The van der Waals surface area contributed by atoms with Gasteiger partial charge in [-0.25, -0.2) is 0 Å². The van der Waals surface area contributed by atoms with Crippen LogP contribution in [-0.4, -0.2) is 0 Å². The lowest BCUT2D eigenvalue weighted by atomic mass is 9.86. The van der Waals surface area contributed by atoms with Crippen LogP contribution in [0.3, 0.4) is 0 Å². The Balaban J connectivity index is 2.39. The minimum absolute atomic E-state index is 0.0733. The first-order valence-electron chi connectivity index (χ1n) is 6.29. The van der Waals surface area contributed by atoms with Crippen LogP contribution in [0.1, 0.15) is 26.3 Å². The molecule has 0 atom stereocenters. The molecule has 0 bridgehead atoms. The first-order chi connectivity index (χ1) is 8.88. The van der Waals surface area contributed by atoms with E-state index in [1.807, 2.05) is 18.2 Å². The molecule has 19 heavy (non-hydrogen) atoms. The summed E-state index contributed by atoms with van der Waals surface area (Å²) in [4.78, 5) is 0. The molecule has 2 aromatic rings. The fraction of sp³-hybridized carbons (Fsp3) is 0.250. The first-order valence-corrected chi connectivity index (χ1v) is 6.67. The van der Waals surface area contributed by atoms with Gasteiger partial charge >= 0.3 is 0 Å². The number of nitrogen functional groups attached to an aromatic ring is 1. The summed E-state index contributed by atoms with van der Waals surface area (Å²) >= 11 is 6.20. The third-order valence-electron chi connectivity index (χ3n) is 3.00. The van der Waals surface area contributed by atoms with Crippen LogP contribution in [0.15, 0.2) is 42.5 Å². The number of para-hydroxylation sites is 1. The van der Waals surface area contributed by atoms with Crippen molar-refractivity contribution in [1.82, 2.24) is 0 Å². The maximum atomic E-state index is 6.20. The molecule has 3 heteroatoms. The molecular weight excluding hydrogens is 256 g/mol.